The van der Waals surface area contributed by atoms with E-state index in [0.717, 1.165) is 36.5 Å². The van der Waals surface area contributed by atoms with E-state index in [-0.39, 0.29) is 0 Å². The molecule has 0 fully saturated rings. The number of hydrogen-bond acceptors (Lipinski definition) is 4. The van der Waals surface area contributed by atoms with E-state index in [4.69, 9.17) is 17.0 Å². The van der Waals surface area contributed by atoms with Gasteiger partial charge in [0.05, 0.1) is 18.5 Å². The van der Waals surface area contributed by atoms with Crippen LogP contribution in [0.5, 0.6) is 5.75 Å². The summed E-state index contributed by atoms with van der Waals surface area (Å²) in [5.41, 5.74) is 7.49. The predicted molar refractivity (Wildman–Crippen MR) is 117 cm³/mol. The average Bonchev–Trinajstić information content (AvgIpc) is 2.69. The number of thiocarbonyl (C=S) groups is 1. The van der Waals surface area contributed by atoms with Gasteiger partial charge < -0.3 is 15.0 Å². The number of fused-ring (bicyclic) bond motifs is 1. The second-order valence-electron chi connectivity index (χ2n) is 6.32. The summed E-state index contributed by atoms with van der Waals surface area (Å²) in [7, 11) is 0. The molecule has 0 saturated carbocycles. The highest BCUT2D eigenvalue weighted by molar-refractivity contribution is 7.80. The van der Waals surface area contributed by atoms with Crippen LogP contribution in [0.3, 0.4) is 0 Å². The van der Waals surface area contributed by atoms with E-state index in [1.165, 1.54) is 17.7 Å². The number of aryl methyl sites for hydroxylation is 1. The van der Waals surface area contributed by atoms with Crippen LogP contribution in [0.4, 0.5) is 11.4 Å². The summed E-state index contributed by atoms with van der Waals surface area (Å²) in [6, 6.07) is 14.2. The fourth-order valence-electron chi connectivity index (χ4n) is 3.27. The fourth-order valence-corrected chi connectivity index (χ4v) is 3.43. The molecule has 2 N–H and O–H groups in total. The molecule has 0 amide bonds. The van der Waals surface area contributed by atoms with Gasteiger partial charge in [-0.15, -0.1) is 0 Å². The summed E-state index contributed by atoms with van der Waals surface area (Å²) in [4.78, 5) is 2.42. The van der Waals surface area contributed by atoms with Crippen molar-refractivity contribution < 1.29 is 4.74 Å². The maximum absolute atomic E-state index is 5.59. The topological polar surface area (TPSA) is 48.9 Å². The van der Waals surface area contributed by atoms with E-state index in [1.54, 1.807) is 6.21 Å². The Kier molecular flexibility index (Phi) is 6.65. The molecule has 0 radical (unpaired) electrons. The largest absolute Gasteiger partial charge is 0.492 e. The second kappa shape index (κ2) is 9.37. The normalized spacial score (nSPS) is 13.3. The summed E-state index contributed by atoms with van der Waals surface area (Å²) in [5, 5.41) is 7.81. The van der Waals surface area contributed by atoms with Crippen molar-refractivity contribution in [2.75, 3.05) is 29.9 Å². The summed E-state index contributed by atoms with van der Waals surface area (Å²) in [6.45, 7) is 6.94. The molecule has 6 heteroatoms. The highest BCUT2D eigenvalue weighted by Crippen LogP contribution is 2.27. The van der Waals surface area contributed by atoms with Gasteiger partial charge in [-0.3, -0.25) is 5.43 Å². The Morgan fingerprint density at radius 3 is 2.93 bits per heavy atom. The smallest absolute Gasteiger partial charge is 0.191 e. The van der Waals surface area contributed by atoms with Crippen LogP contribution in [-0.2, 0) is 6.42 Å². The van der Waals surface area contributed by atoms with Gasteiger partial charge in [0.1, 0.15) is 5.75 Å². The predicted octanol–water partition coefficient (Wildman–Crippen LogP) is 4.18. The van der Waals surface area contributed by atoms with Crippen LogP contribution in [0.1, 0.15) is 31.4 Å². The first-order chi connectivity index (χ1) is 13.2. The Labute approximate surface area is 166 Å². The second-order valence-corrected chi connectivity index (χ2v) is 6.73. The van der Waals surface area contributed by atoms with Crippen LogP contribution in [0.2, 0.25) is 0 Å². The van der Waals surface area contributed by atoms with Gasteiger partial charge in [0.2, 0.25) is 0 Å². The van der Waals surface area contributed by atoms with Crippen LogP contribution in [0, 0.1) is 0 Å². The lowest BCUT2D eigenvalue weighted by Gasteiger charge is -2.30. The molecular weight excluding hydrogens is 356 g/mol. The molecule has 0 atom stereocenters. The number of ether oxygens (including phenoxy) is 1. The number of hydrogen-bond donors (Lipinski definition) is 2. The summed E-state index contributed by atoms with van der Waals surface area (Å²) >= 11 is 5.33. The quantitative estimate of drug-likeness (QED) is 0.446. The first-order valence-corrected chi connectivity index (χ1v) is 9.81. The third-order valence-electron chi connectivity index (χ3n) is 4.51. The Bertz CT molecular complexity index is 822. The lowest BCUT2D eigenvalue weighted by molar-refractivity contribution is 0.342. The minimum absolute atomic E-state index is 0.425. The zero-order valence-corrected chi connectivity index (χ0v) is 16.7. The number of nitrogens with zero attached hydrogens (tertiary/aromatic N) is 2. The number of nitrogens with one attached hydrogen (secondary N) is 2. The van der Waals surface area contributed by atoms with Crippen LogP contribution in [0.15, 0.2) is 47.6 Å². The first-order valence-electron chi connectivity index (χ1n) is 9.41. The van der Waals surface area contributed by atoms with Crippen molar-refractivity contribution in [1.29, 1.82) is 0 Å². The van der Waals surface area contributed by atoms with E-state index in [9.17, 15) is 0 Å². The molecule has 2 aromatic carbocycles. The zero-order valence-electron chi connectivity index (χ0n) is 15.9. The molecule has 142 valence electrons. The molecule has 0 spiro atoms. The van der Waals surface area contributed by atoms with Gasteiger partial charge >= 0.3 is 0 Å². The van der Waals surface area contributed by atoms with Gasteiger partial charge in [0.25, 0.3) is 0 Å². The van der Waals surface area contributed by atoms with Crippen molar-refractivity contribution in [2.45, 2.75) is 26.7 Å². The third kappa shape index (κ3) is 4.98. The van der Waals surface area contributed by atoms with Crippen LogP contribution >= 0.6 is 12.2 Å². The lowest BCUT2D eigenvalue weighted by Crippen LogP contribution is -2.28. The van der Waals surface area contributed by atoms with Gasteiger partial charge in [-0.05, 0) is 74.3 Å². The molecule has 2 aromatic rings. The Morgan fingerprint density at radius 2 is 2.11 bits per heavy atom. The molecule has 0 bridgehead atoms. The summed E-state index contributed by atoms with van der Waals surface area (Å²) < 4.78 is 5.59. The Morgan fingerprint density at radius 1 is 1.26 bits per heavy atom. The molecule has 0 unspecified atom stereocenters. The van der Waals surface area contributed by atoms with Crippen LogP contribution < -0.4 is 20.4 Å². The fraction of sp³-hybridized carbons (Fsp3) is 0.333. The zero-order chi connectivity index (χ0) is 19.1. The lowest BCUT2D eigenvalue weighted by atomic mass is 9.99. The first kappa shape index (κ1) is 19.2. The Hall–Kier alpha value is -2.60. The molecular formula is C21H26N4OS. The van der Waals surface area contributed by atoms with Crippen molar-refractivity contribution in [3.8, 4) is 5.75 Å². The maximum atomic E-state index is 5.59. The van der Waals surface area contributed by atoms with Crippen LogP contribution in [-0.4, -0.2) is 31.0 Å². The van der Waals surface area contributed by atoms with Gasteiger partial charge in [0, 0.05) is 18.8 Å². The van der Waals surface area contributed by atoms with E-state index < -0.39 is 0 Å². The Balaban J connectivity index is 1.60. The number of hydrazone groups is 1. The van der Waals surface area contributed by atoms with E-state index in [1.807, 2.05) is 31.2 Å². The van der Waals surface area contributed by atoms with Crippen molar-refractivity contribution in [3.05, 3.63) is 53.6 Å². The van der Waals surface area contributed by atoms with E-state index >= 15 is 0 Å². The molecule has 0 aromatic heterocycles. The molecule has 3 rings (SSSR count). The number of rotatable bonds is 6. The van der Waals surface area contributed by atoms with Crippen molar-refractivity contribution in [3.63, 3.8) is 0 Å². The molecule has 27 heavy (non-hydrogen) atoms. The summed E-state index contributed by atoms with van der Waals surface area (Å²) in [5.74, 6) is 0.767. The van der Waals surface area contributed by atoms with Gasteiger partial charge in [-0.25, -0.2) is 0 Å². The highest BCUT2D eigenvalue weighted by atomic mass is 32.1. The minimum Gasteiger partial charge on any atom is -0.492 e. The summed E-state index contributed by atoms with van der Waals surface area (Å²) in [6.07, 6.45) is 4.12. The van der Waals surface area contributed by atoms with E-state index in [2.05, 4.69) is 45.9 Å². The van der Waals surface area contributed by atoms with Crippen molar-refractivity contribution in [1.82, 2.24) is 5.43 Å². The van der Waals surface area contributed by atoms with Gasteiger partial charge in [-0.2, -0.15) is 5.10 Å². The standard InChI is InChI=1S/C21H26N4OS/c1-3-25-13-7-8-17-14-16(11-12-19(17)25)15-22-24-21(27)23-18-9-5-6-10-20(18)26-4-2/h5-6,9-12,14-15H,3-4,7-8,13H2,1-2H3,(H2,23,24,27)/b22-15+. The number of anilines is 2. The third-order valence-corrected chi connectivity index (χ3v) is 4.71. The molecule has 1 aliphatic heterocycles. The van der Waals surface area contributed by atoms with Crippen LogP contribution in [0.25, 0.3) is 0 Å². The van der Waals surface area contributed by atoms with Crippen molar-refractivity contribution >= 4 is 34.9 Å². The van der Waals surface area contributed by atoms with Gasteiger partial charge in [-0.1, -0.05) is 18.2 Å². The molecule has 0 saturated heterocycles. The van der Waals surface area contributed by atoms with Crippen molar-refractivity contribution in [2.24, 2.45) is 5.10 Å². The number of para-hydroxylation sites is 2. The average molecular weight is 383 g/mol. The SMILES string of the molecule is CCOc1ccccc1NC(=S)N/N=C/c1ccc2c(c1)CCCN2CC. The molecule has 1 heterocycles. The number of benzene rings is 2. The molecule has 5 nitrogen and oxygen atoms in total. The monoisotopic (exact) mass is 382 g/mol. The molecule has 1 aliphatic rings. The van der Waals surface area contributed by atoms with E-state index in [0.29, 0.717) is 11.7 Å². The minimum atomic E-state index is 0.425. The van der Waals surface area contributed by atoms with Gasteiger partial charge in [0.15, 0.2) is 5.11 Å². The maximum Gasteiger partial charge on any atom is 0.191 e. The highest BCUT2D eigenvalue weighted by Gasteiger charge is 2.15. The molecule has 0 aliphatic carbocycles.